The molecule has 0 unspecified atom stereocenters. The summed E-state index contributed by atoms with van der Waals surface area (Å²) in [6, 6.07) is 11.3. The highest BCUT2D eigenvalue weighted by atomic mass is 32.2. The molecule has 2 rings (SSSR count). The van der Waals surface area contributed by atoms with Crippen LogP contribution in [0.3, 0.4) is 0 Å². The van der Waals surface area contributed by atoms with Crippen molar-refractivity contribution in [2.75, 3.05) is 18.0 Å². The van der Waals surface area contributed by atoms with Crippen LogP contribution < -0.4 is 14.8 Å². The lowest BCUT2D eigenvalue weighted by molar-refractivity contribution is 0.0696. The van der Waals surface area contributed by atoms with Crippen molar-refractivity contribution in [3.8, 4) is 11.5 Å². The summed E-state index contributed by atoms with van der Waals surface area (Å²) in [5.41, 5.74) is 0.284. The van der Waals surface area contributed by atoms with Gasteiger partial charge in [0.05, 0.1) is 11.3 Å². The highest BCUT2D eigenvalue weighted by Gasteiger charge is 2.26. The molecule has 0 radical (unpaired) electrons. The van der Waals surface area contributed by atoms with E-state index in [1.165, 1.54) is 6.07 Å². The van der Waals surface area contributed by atoms with E-state index >= 15 is 0 Å². The third kappa shape index (κ3) is 7.25. The van der Waals surface area contributed by atoms with Gasteiger partial charge in [-0.1, -0.05) is 57.7 Å². The van der Waals surface area contributed by atoms with E-state index in [1.807, 2.05) is 11.0 Å². The van der Waals surface area contributed by atoms with E-state index in [1.54, 1.807) is 24.3 Å². The van der Waals surface area contributed by atoms with E-state index < -0.39 is 16.0 Å². The Bertz CT molecular complexity index is 961. The molecule has 0 atom stereocenters. The first-order valence-electron chi connectivity index (χ1n) is 10.7. The smallest absolute Gasteiger partial charge is 0.335 e. The Morgan fingerprint density at radius 1 is 1.00 bits per heavy atom. The first kappa shape index (κ1) is 24.7. The molecule has 0 fully saturated rings. The molecule has 2 aromatic carbocycles. The zero-order valence-corrected chi connectivity index (χ0v) is 19.0. The predicted molar refractivity (Wildman–Crippen MR) is 123 cm³/mol. The molecule has 7 nitrogen and oxygen atoms in total. The molecule has 0 bridgehead atoms. The molecule has 0 saturated carbocycles. The first-order valence-corrected chi connectivity index (χ1v) is 12.2. The molecule has 0 heterocycles. The maximum Gasteiger partial charge on any atom is 0.335 e. The Morgan fingerprint density at radius 2 is 1.65 bits per heavy atom. The van der Waals surface area contributed by atoms with Gasteiger partial charge in [0.2, 0.25) is 10.0 Å². The largest absolute Gasteiger partial charge is 0.478 e. The van der Waals surface area contributed by atoms with Crippen molar-refractivity contribution < 1.29 is 23.1 Å². The lowest BCUT2D eigenvalue weighted by Crippen LogP contribution is -2.27. The Balaban J connectivity index is 2.63. The quantitative estimate of drug-likeness (QED) is 0.417. The summed E-state index contributed by atoms with van der Waals surface area (Å²) < 4.78 is 30.8. The lowest BCUT2D eigenvalue weighted by Gasteiger charge is -2.28. The molecule has 0 aliphatic carbocycles. The van der Waals surface area contributed by atoms with Crippen LogP contribution in [0.25, 0.3) is 0 Å². The average Bonchev–Trinajstić information content (AvgIpc) is 2.73. The van der Waals surface area contributed by atoms with Crippen LogP contribution >= 0.6 is 0 Å². The topological polar surface area (TPSA) is 110 Å². The molecule has 0 saturated heterocycles. The van der Waals surface area contributed by atoms with Gasteiger partial charge >= 0.3 is 5.97 Å². The fraction of sp³-hybridized carbons (Fsp3) is 0.435. The Morgan fingerprint density at radius 3 is 2.23 bits per heavy atom. The average molecular weight is 449 g/mol. The second-order valence-electron chi connectivity index (χ2n) is 7.49. The molecule has 8 heteroatoms. The Kier molecular flexibility index (Phi) is 9.33. The summed E-state index contributed by atoms with van der Waals surface area (Å²) in [6.07, 6.45) is 5.97. The van der Waals surface area contributed by atoms with Gasteiger partial charge in [-0.25, -0.2) is 18.4 Å². The number of anilines is 1. The molecule has 3 N–H and O–H groups in total. The minimum Gasteiger partial charge on any atom is -0.478 e. The number of carboxylic acid groups (broad SMARTS) is 1. The summed E-state index contributed by atoms with van der Waals surface area (Å²) in [7, 11) is -4.23. The van der Waals surface area contributed by atoms with Crippen molar-refractivity contribution in [1.82, 2.24) is 0 Å². The number of benzene rings is 2. The molecule has 0 amide bonds. The van der Waals surface area contributed by atoms with Gasteiger partial charge in [0.25, 0.3) is 0 Å². The number of rotatable bonds is 13. The van der Waals surface area contributed by atoms with Crippen molar-refractivity contribution in [3.63, 3.8) is 0 Å². The number of hydrogen-bond acceptors (Lipinski definition) is 5. The van der Waals surface area contributed by atoms with Gasteiger partial charge in [0, 0.05) is 13.1 Å². The van der Waals surface area contributed by atoms with Gasteiger partial charge < -0.3 is 14.7 Å². The van der Waals surface area contributed by atoms with Crippen LogP contribution in [0.15, 0.2) is 47.4 Å². The van der Waals surface area contributed by atoms with Gasteiger partial charge in [-0.3, -0.25) is 0 Å². The Hall–Kier alpha value is -2.58. The van der Waals surface area contributed by atoms with Gasteiger partial charge in [0.15, 0.2) is 5.75 Å². The summed E-state index contributed by atoms with van der Waals surface area (Å²) in [5.74, 6) is -0.720. The van der Waals surface area contributed by atoms with Crippen LogP contribution in [0.5, 0.6) is 11.5 Å². The number of hydrogen-bond donors (Lipinski definition) is 2. The number of unbranched alkanes of at least 4 members (excludes halogenated alkanes) is 4. The van der Waals surface area contributed by atoms with E-state index in [0.29, 0.717) is 24.5 Å². The van der Waals surface area contributed by atoms with E-state index in [9.17, 15) is 18.3 Å². The molecular formula is C23H32N2O5S. The van der Waals surface area contributed by atoms with E-state index in [-0.39, 0.29) is 16.2 Å². The molecule has 2 aromatic rings. The van der Waals surface area contributed by atoms with Crippen molar-refractivity contribution in [3.05, 3.63) is 48.0 Å². The second kappa shape index (κ2) is 11.7. The highest BCUT2D eigenvalue weighted by Crippen LogP contribution is 2.39. The standard InChI is InChI=1S/C23H32N2O5S/c1-3-5-7-11-15-25(14-6-4-2)20-16-18(23(26)27)17-21(31(24,28)29)22(20)30-19-12-9-8-10-13-19/h8-10,12-13,16-17H,3-7,11,14-15H2,1-2H3,(H,26,27)(H2,24,28,29). The van der Waals surface area contributed by atoms with Crippen molar-refractivity contribution in [2.24, 2.45) is 5.14 Å². The molecule has 0 aliphatic rings. The molecule has 31 heavy (non-hydrogen) atoms. The molecule has 0 aliphatic heterocycles. The molecular weight excluding hydrogens is 416 g/mol. The van der Waals surface area contributed by atoms with Crippen molar-refractivity contribution in [1.29, 1.82) is 0 Å². The normalized spacial score (nSPS) is 11.3. The molecule has 170 valence electrons. The monoisotopic (exact) mass is 448 g/mol. The van der Waals surface area contributed by atoms with Crippen LogP contribution in [0.1, 0.15) is 62.7 Å². The zero-order chi connectivity index (χ0) is 22.9. The number of carboxylic acids is 1. The fourth-order valence-corrected chi connectivity index (χ4v) is 3.99. The summed E-state index contributed by atoms with van der Waals surface area (Å²) in [4.78, 5) is 13.4. The summed E-state index contributed by atoms with van der Waals surface area (Å²) in [5, 5.41) is 15.1. The number of aromatic carboxylic acids is 1. The van der Waals surface area contributed by atoms with Crippen LogP contribution in [-0.2, 0) is 10.0 Å². The Labute approximate surface area is 184 Å². The van der Waals surface area contributed by atoms with Crippen LogP contribution in [0.4, 0.5) is 5.69 Å². The maximum absolute atomic E-state index is 12.4. The summed E-state index contributed by atoms with van der Waals surface area (Å²) >= 11 is 0. The maximum atomic E-state index is 12.4. The van der Waals surface area contributed by atoms with Crippen LogP contribution in [0.2, 0.25) is 0 Å². The first-order chi connectivity index (χ1) is 14.8. The van der Waals surface area contributed by atoms with E-state index in [4.69, 9.17) is 9.88 Å². The molecule has 0 aromatic heterocycles. The summed E-state index contributed by atoms with van der Waals surface area (Å²) in [6.45, 7) is 5.52. The number of para-hydroxylation sites is 1. The number of carbonyl (C=O) groups is 1. The van der Waals surface area contributed by atoms with Gasteiger partial charge in [-0.2, -0.15) is 0 Å². The number of primary sulfonamides is 1. The van der Waals surface area contributed by atoms with Crippen molar-refractivity contribution in [2.45, 2.75) is 57.3 Å². The number of nitrogens with zero attached hydrogens (tertiary/aromatic N) is 1. The van der Waals surface area contributed by atoms with E-state index in [0.717, 1.165) is 44.6 Å². The van der Waals surface area contributed by atoms with Gasteiger partial charge in [-0.05, 0) is 37.1 Å². The predicted octanol–water partition coefficient (Wildman–Crippen LogP) is 5.01. The lowest BCUT2D eigenvalue weighted by atomic mass is 10.1. The third-order valence-electron chi connectivity index (χ3n) is 4.96. The van der Waals surface area contributed by atoms with Gasteiger partial charge in [0.1, 0.15) is 10.6 Å². The van der Waals surface area contributed by atoms with E-state index in [2.05, 4.69) is 13.8 Å². The number of sulfonamides is 1. The van der Waals surface area contributed by atoms with Crippen LogP contribution in [-0.4, -0.2) is 32.6 Å². The second-order valence-corrected chi connectivity index (χ2v) is 9.02. The SMILES string of the molecule is CCCCCCN(CCCC)c1cc(C(=O)O)cc(S(N)(=O)=O)c1Oc1ccccc1. The third-order valence-corrected chi connectivity index (χ3v) is 5.87. The fourth-order valence-electron chi connectivity index (χ4n) is 3.30. The number of ether oxygens (including phenoxy) is 1. The highest BCUT2D eigenvalue weighted by molar-refractivity contribution is 7.89. The number of nitrogens with two attached hydrogens (primary N) is 1. The van der Waals surface area contributed by atoms with Crippen molar-refractivity contribution >= 4 is 21.7 Å². The van der Waals surface area contributed by atoms with Gasteiger partial charge in [-0.15, -0.1) is 0 Å². The minimum absolute atomic E-state index is 0.0605. The zero-order valence-electron chi connectivity index (χ0n) is 18.2. The molecule has 0 spiro atoms. The van der Waals surface area contributed by atoms with Crippen LogP contribution in [0, 0.1) is 0 Å². The minimum atomic E-state index is -4.23.